The SMILES string of the molecule is O=[SH](=O)c1ccc(OCc2ccccc2)cc1. The molecule has 17 heavy (non-hydrogen) atoms. The quantitative estimate of drug-likeness (QED) is 0.844. The van der Waals surface area contributed by atoms with Gasteiger partial charge in [0.05, 0.1) is 4.90 Å². The third-order valence-electron chi connectivity index (χ3n) is 2.30. The predicted molar refractivity (Wildman–Crippen MR) is 65.8 cm³/mol. The molecule has 2 aromatic rings. The molecule has 0 saturated heterocycles. The lowest BCUT2D eigenvalue weighted by Gasteiger charge is -2.05. The zero-order valence-electron chi connectivity index (χ0n) is 9.08. The van der Waals surface area contributed by atoms with E-state index in [1.807, 2.05) is 30.3 Å². The van der Waals surface area contributed by atoms with Gasteiger partial charge in [-0.2, -0.15) is 0 Å². The minimum atomic E-state index is -2.52. The maximum absolute atomic E-state index is 10.7. The summed E-state index contributed by atoms with van der Waals surface area (Å²) in [5, 5.41) is 0. The van der Waals surface area contributed by atoms with E-state index in [1.54, 1.807) is 12.1 Å². The van der Waals surface area contributed by atoms with Crippen LogP contribution in [-0.4, -0.2) is 8.42 Å². The number of hydrogen-bond donors (Lipinski definition) is 1. The normalized spacial score (nSPS) is 10.4. The Labute approximate surface area is 102 Å². The third kappa shape index (κ3) is 3.32. The molecule has 0 bridgehead atoms. The van der Waals surface area contributed by atoms with Crippen molar-refractivity contribution in [3.05, 3.63) is 60.2 Å². The first-order valence-corrected chi connectivity index (χ1v) is 6.34. The minimum Gasteiger partial charge on any atom is -0.489 e. The fraction of sp³-hybridized carbons (Fsp3) is 0.0769. The van der Waals surface area contributed by atoms with Crippen LogP contribution in [-0.2, 0) is 17.3 Å². The van der Waals surface area contributed by atoms with Crippen LogP contribution in [0, 0.1) is 0 Å². The van der Waals surface area contributed by atoms with E-state index < -0.39 is 10.7 Å². The summed E-state index contributed by atoms with van der Waals surface area (Å²) in [7, 11) is -2.52. The van der Waals surface area contributed by atoms with Crippen LogP contribution < -0.4 is 4.74 Å². The smallest absolute Gasteiger partial charge is 0.168 e. The van der Waals surface area contributed by atoms with E-state index in [-0.39, 0.29) is 0 Å². The van der Waals surface area contributed by atoms with Crippen LogP contribution in [0.25, 0.3) is 0 Å². The number of thiol groups is 1. The van der Waals surface area contributed by atoms with Gasteiger partial charge in [-0.1, -0.05) is 30.3 Å². The van der Waals surface area contributed by atoms with Gasteiger partial charge in [-0.05, 0) is 29.8 Å². The molecular formula is C13H12O3S. The van der Waals surface area contributed by atoms with Gasteiger partial charge in [-0.25, -0.2) is 8.42 Å². The first-order valence-electron chi connectivity index (χ1n) is 5.17. The zero-order valence-corrected chi connectivity index (χ0v) is 9.97. The van der Waals surface area contributed by atoms with Crippen LogP contribution in [0.1, 0.15) is 5.56 Å². The van der Waals surface area contributed by atoms with Gasteiger partial charge in [0, 0.05) is 0 Å². The van der Waals surface area contributed by atoms with Gasteiger partial charge in [0.1, 0.15) is 12.4 Å². The Balaban J connectivity index is 2.00. The van der Waals surface area contributed by atoms with Gasteiger partial charge in [-0.3, -0.25) is 0 Å². The summed E-state index contributed by atoms with van der Waals surface area (Å²) in [4.78, 5) is 0.298. The molecule has 0 spiro atoms. The molecule has 4 heteroatoms. The van der Waals surface area contributed by atoms with Crippen molar-refractivity contribution in [3.63, 3.8) is 0 Å². The molecular weight excluding hydrogens is 236 g/mol. The maximum Gasteiger partial charge on any atom is 0.168 e. The molecule has 2 rings (SSSR count). The molecule has 0 N–H and O–H groups in total. The molecule has 0 aromatic heterocycles. The van der Waals surface area contributed by atoms with Gasteiger partial charge in [0.15, 0.2) is 10.7 Å². The first-order chi connectivity index (χ1) is 8.25. The summed E-state index contributed by atoms with van der Waals surface area (Å²) in [6, 6.07) is 16.2. The average molecular weight is 248 g/mol. The highest BCUT2D eigenvalue weighted by Crippen LogP contribution is 2.14. The van der Waals surface area contributed by atoms with Crippen LogP contribution in [0.3, 0.4) is 0 Å². The highest BCUT2D eigenvalue weighted by Gasteiger charge is 1.97. The molecule has 0 unspecified atom stereocenters. The first kappa shape index (κ1) is 11.7. The molecule has 2 aromatic carbocycles. The summed E-state index contributed by atoms with van der Waals surface area (Å²) in [6.07, 6.45) is 0. The summed E-state index contributed by atoms with van der Waals surface area (Å²) >= 11 is 0. The second-order valence-electron chi connectivity index (χ2n) is 3.53. The Bertz CT molecular complexity index is 537. The highest BCUT2D eigenvalue weighted by atomic mass is 32.2. The molecule has 3 nitrogen and oxygen atoms in total. The molecule has 0 fully saturated rings. The van der Waals surface area contributed by atoms with E-state index in [1.165, 1.54) is 12.1 Å². The fourth-order valence-corrected chi connectivity index (χ4v) is 1.80. The van der Waals surface area contributed by atoms with E-state index in [4.69, 9.17) is 4.74 Å². The van der Waals surface area contributed by atoms with Crippen LogP contribution in [0.4, 0.5) is 0 Å². The standard InChI is InChI=1S/C13H12O3S/c14-17(15)13-8-6-12(7-9-13)16-10-11-4-2-1-3-5-11/h1-9,17H,10H2. The average Bonchev–Trinajstić information content (AvgIpc) is 2.38. The van der Waals surface area contributed by atoms with Crippen molar-refractivity contribution >= 4 is 10.7 Å². The van der Waals surface area contributed by atoms with Gasteiger partial charge in [0.25, 0.3) is 0 Å². The monoisotopic (exact) mass is 248 g/mol. The Morgan fingerprint density at radius 2 is 1.53 bits per heavy atom. The number of hydrogen-bond acceptors (Lipinski definition) is 3. The lowest BCUT2D eigenvalue weighted by molar-refractivity contribution is 0.306. The second-order valence-corrected chi connectivity index (χ2v) is 4.56. The number of rotatable bonds is 4. The molecule has 0 amide bonds. The van der Waals surface area contributed by atoms with Crippen LogP contribution >= 0.6 is 0 Å². The lowest BCUT2D eigenvalue weighted by Crippen LogP contribution is -1.94. The van der Waals surface area contributed by atoms with Crippen molar-refractivity contribution in [1.29, 1.82) is 0 Å². The van der Waals surface area contributed by atoms with Crippen LogP contribution in [0.15, 0.2) is 59.5 Å². The van der Waals surface area contributed by atoms with Crippen molar-refractivity contribution in [2.75, 3.05) is 0 Å². The largest absolute Gasteiger partial charge is 0.489 e. The van der Waals surface area contributed by atoms with Crippen molar-refractivity contribution in [2.24, 2.45) is 0 Å². The Morgan fingerprint density at radius 1 is 0.882 bits per heavy atom. The maximum atomic E-state index is 10.7. The van der Waals surface area contributed by atoms with E-state index in [9.17, 15) is 8.42 Å². The van der Waals surface area contributed by atoms with Crippen LogP contribution in [0.2, 0.25) is 0 Å². The molecule has 0 aliphatic rings. The second kappa shape index (κ2) is 5.50. The minimum absolute atomic E-state index is 0.298. The Morgan fingerprint density at radius 3 is 2.12 bits per heavy atom. The Hall–Kier alpha value is -1.81. The third-order valence-corrected chi connectivity index (χ3v) is 3.02. The number of benzene rings is 2. The lowest BCUT2D eigenvalue weighted by atomic mass is 10.2. The summed E-state index contributed by atoms with van der Waals surface area (Å²) in [6.45, 7) is 0.476. The molecule has 88 valence electrons. The van der Waals surface area contributed by atoms with Gasteiger partial charge < -0.3 is 4.74 Å². The van der Waals surface area contributed by atoms with Crippen molar-refractivity contribution < 1.29 is 13.2 Å². The van der Waals surface area contributed by atoms with Crippen LogP contribution in [0.5, 0.6) is 5.75 Å². The van der Waals surface area contributed by atoms with E-state index in [0.717, 1.165) is 5.56 Å². The van der Waals surface area contributed by atoms with Crippen molar-refractivity contribution in [1.82, 2.24) is 0 Å². The van der Waals surface area contributed by atoms with Crippen molar-refractivity contribution in [2.45, 2.75) is 11.5 Å². The van der Waals surface area contributed by atoms with E-state index >= 15 is 0 Å². The van der Waals surface area contributed by atoms with Gasteiger partial charge in [-0.15, -0.1) is 0 Å². The summed E-state index contributed by atoms with van der Waals surface area (Å²) in [5.74, 6) is 0.662. The van der Waals surface area contributed by atoms with Gasteiger partial charge >= 0.3 is 0 Å². The van der Waals surface area contributed by atoms with E-state index in [2.05, 4.69) is 0 Å². The summed E-state index contributed by atoms with van der Waals surface area (Å²) < 4.78 is 26.9. The van der Waals surface area contributed by atoms with E-state index in [0.29, 0.717) is 17.3 Å². The van der Waals surface area contributed by atoms with Gasteiger partial charge in [0.2, 0.25) is 0 Å². The fourth-order valence-electron chi connectivity index (χ4n) is 1.40. The Kier molecular flexibility index (Phi) is 3.77. The number of ether oxygens (including phenoxy) is 1. The molecule has 0 atom stereocenters. The molecule has 0 heterocycles. The zero-order chi connectivity index (χ0) is 12.1. The molecule has 0 aliphatic heterocycles. The molecule has 0 saturated carbocycles. The highest BCUT2D eigenvalue weighted by molar-refractivity contribution is 7.72. The molecule has 0 aliphatic carbocycles. The topological polar surface area (TPSA) is 43.4 Å². The molecule has 0 radical (unpaired) electrons. The van der Waals surface area contributed by atoms with Crippen molar-refractivity contribution in [3.8, 4) is 5.75 Å². The predicted octanol–water partition coefficient (Wildman–Crippen LogP) is 2.24. The summed E-state index contributed by atoms with van der Waals surface area (Å²) in [5.41, 5.74) is 1.08.